The van der Waals surface area contributed by atoms with Crippen molar-refractivity contribution in [3.63, 3.8) is 0 Å². The zero-order valence-corrected chi connectivity index (χ0v) is 14.0. The maximum atomic E-state index is 11.9. The van der Waals surface area contributed by atoms with E-state index in [1.165, 1.54) is 12.1 Å². The molecule has 2 aromatic rings. The van der Waals surface area contributed by atoms with Crippen molar-refractivity contribution in [2.24, 2.45) is 0 Å². The summed E-state index contributed by atoms with van der Waals surface area (Å²) in [6.45, 7) is 0.505. The van der Waals surface area contributed by atoms with Gasteiger partial charge in [-0.2, -0.15) is 5.26 Å². The van der Waals surface area contributed by atoms with Gasteiger partial charge in [0.2, 0.25) is 0 Å². The van der Waals surface area contributed by atoms with Crippen LogP contribution >= 0.6 is 23.2 Å². The molecule has 0 aliphatic rings. The van der Waals surface area contributed by atoms with Gasteiger partial charge in [0.05, 0.1) is 21.7 Å². The lowest BCUT2D eigenvalue weighted by molar-refractivity contribution is 0.0927. The Labute approximate surface area is 149 Å². The van der Waals surface area contributed by atoms with Crippen LogP contribution in [-0.4, -0.2) is 24.9 Å². The maximum Gasteiger partial charge on any atom is 0.251 e. The molecule has 5 nitrogen and oxygen atoms in total. The predicted molar refractivity (Wildman–Crippen MR) is 92.3 cm³/mol. The number of benzene rings is 2. The van der Waals surface area contributed by atoms with Crippen LogP contribution in [0.15, 0.2) is 42.5 Å². The van der Waals surface area contributed by atoms with Crippen molar-refractivity contribution < 1.29 is 9.59 Å². The average Bonchev–Trinajstić information content (AvgIpc) is 2.60. The first-order valence-corrected chi connectivity index (χ1v) is 7.78. The van der Waals surface area contributed by atoms with E-state index in [9.17, 15) is 9.59 Å². The fraction of sp³-hybridized carbons (Fsp3) is 0.118. The number of carbonyl (C=O) groups excluding carboxylic acids is 2. The van der Waals surface area contributed by atoms with E-state index in [0.29, 0.717) is 26.7 Å². The molecule has 122 valence electrons. The van der Waals surface area contributed by atoms with E-state index in [2.05, 4.69) is 10.6 Å². The summed E-state index contributed by atoms with van der Waals surface area (Å²) in [5, 5.41) is 14.8. The van der Waals surface area contributed by atoms with Gasteiger partial charge in [-0.25, -0.2) is 0 Å². The Morgan fingerprint density at radius 2 is 1.54 bits per heavy atom. The van der Waals surface area contributed by atoms with E-state index in [1.807, 2.05) is 6.07 Å². The molecule has 0 fully saturated rings. The van der Waals surface area contributed by atoms with Gasteiger partial charge in [-0.1, -0.05) is 29.3 Å². The van der Waals surface area contributed by atoms with Crippen molar-refractivity contribution in [3.8, 4) is 6.07 Å². The fourth-order valence-corrected chi connectivity index (χ4v) is 2.22. The van der Waals surface area contributed by atoms with Gasteiger partial charge >= 0.3 is 0 Å². The molecule has 2 N–H and O–H groups in total. The summed E-state index contributed by atoms with van der Waals surface area (Å²) in [7, 11) is 0. The second kappa shape index (κ2) is 8.34. The normalized spacial score (nSPS) is 9.88. The Kier molecular flexibility index (Phi) is 6.19. The van der Waals surface area contributed by atoms with Gasteiger partial charge in [0.1, 0.15) is 0 Å². The van der Waals surface area contributed by atoms with E-state index >= 15 is 0 Å². The van der Waals surface area contributed by atoms with Crippen LogP contribution in [0, 0.1) is 11.3 Å². The number of nitrogens with zero attached hydrogens (tertiary/aromatic N) is 1. The van der Waals surface area contributed by atoms with Gasteiger partial charge < -0.3 is 10.6 Å². The molecular weight excluding hydrogens is 349 g/mol. The smallest absolute Gasteiger partial charge is 0.251 e. The number of hydrogen-bond donors (Lipinski definition) is 2. The van der Waals surface area contributed by atoms with Crippen molar-refractivity contribution in [2.75, 3.05) is 13.1 Å². The zero-order chi connectivity index (χ0) is 17.5. The lowest BCUT2D eigenvalue weighted by Gasteiger charge is -2.08. The monoisotopic (exact) mass is 361 g/mol. The van der Waals surface area contributed by atoms with E-state index < -0.39 is 0 Å². The number of halogens is 2. The molecule has 2 rings (SSSR count). The van der Waals surface area contributed by atoms with Gasteiger partial charge in [-0.05, 0) is 36.4 Å². The van der Waals surface area contributed by atoms with Gasteiger partial charge in [0, 0.05) is 24.2 Å². The highest BCUT2D eigenvalue weighted by atomic mass is 35.5. The molecule has 0 bridgehead atoms. The Bertz CT molecular complexity index is 816. The third kappa shape index (κ3) is 4.72. The Hall–Kier alpha value is -2.55. The number of rotatable bonds is 5. The molecule has 0 radical (unpaired) electrons. The first-order chi connectivity index (χ1) is 11.5. The molecule has 0 aliphatic heterocycles. The minimum absolute atomic E-state index is 0.253. The molecule has 2 amide bonds. The zero-order valence-electron chi connectivity index (χ0n) is 12.5. The lowest BCUT2D eigenvalue weighted by Crippen LogP contribution is -2.34. The Morgan fingerprint density at radius 3 is 2.12 bits per heavy atom. The van der Waals surface area contributed by atoms with Gasteiger partial charge in [0.15, 0.2) is 0 Å². The van der Waals surface area contributed by atoms with Gasteiger partial charge in [-0.3, -0.25) is 9.59 Å². The highest BCUT2D eigenvalue weighted by molar-refractivity contribution is 6.42. The van der Waals surface area contributed by atoms with Crippen LogP contribution in [0.5, 0.6) is 0 Å². The summed E-state index contributed by atoms with van der Waals surface area (Å²) in [5.41, 5.74) is 1.19. The quantitative estimate of drug-likeness (QED) is 0.803. The number of amides is 2. The molecule has 0 aromatic heterocycles. The first-order valence-electron chi connectivity index (χ1n) is 7.03. The van der Waals surface area contributed by atoms with E-state index in [1.54, 1.807) is 30.3 Å². The molecular formula is C17H13Cl2N3O2. The minimum Gasteiger partial charge on any atom is -0.350 e. The molecule has 0 saturated carbocycles. The molecule has 0 aliphatic carbocycles. The molecule has 7 heteroatoms. The van der Waals surface area contributed by atoms with Crippen LogP contribution in [0.2, 0.25) is 10.0 Å². The van der Waals surface area contributed by atoms with Crippen molar-refractivity contribution >= 4 is 35.0 Å². The van der Waals surface area contributed by atoms with Crippen LogP contribution in [0.25, 0.3) is 0 Å². The average molecular weight is 362 g/mol. The summed E-state index contributed by atoms with van der Waals surface area (Å²) < 4.78 is 0. The standard InChI is InChI=1S/C17H13Cl2N3O2/c18-14-5-4-13(9-15(14)19)17(24)22-7-6-21-16(23)12-3-1-2-11(8-12)10-20/h1-5,8-9H,6-7H2,(H,21,23)(H,22,24). The second-order valence-corrected chi connectivity index (χ2v) is 5.65. The molecule has 0 spiro atoms. The number of carbonyl (C=O) groups is 2. The summed E-state index contributed by atoms with van der Waals surface area (Å²) in [4.78, 5) is 23.9. The van der Waals surface area contributed by atoms with Crippen LogP contribution in [0.3, 0.4) is 0 Å². The van der Waals surface area contributed by atoms with E-state index in [-0.39, 0.29) is 24.9 Å². The first kappa shape index (κ1) is 17.8. The van der Waals surface area contributed by atoms with Crippen molar-refractivity contribution in [2.45, 2.75) is 0 Å². The van der Waals surface area contributed by atoms with Crippen molar-refractivity contribution in [3.05, 3.63) is 69.2 Å². The molecule has 0 heterocycles. The Morgan fingerprint density at radius 1 is 0.917 bits per heavy atom. The van der Waals surface area contributed by atoms with Crippen LogP contribution < -0.4 is 10.6 Å². The molecule has 24 heavy (non-hydrogen) atoms. The number of nitrogens with one attached hydrogen (secondary N) is 2. The topological polar surface area (TPSA) is 82.0 Å². The molecule has 0 atom stereocenters. The number of nitriles is 1. The second-order valence-electron chi connectivity index (χ2n) is 4.83. The highest BCUT2D eigenvalue weighted by Gasteiger charge is 2.09. The molecule has 0 saturated heterocycles. The minimum atomic E-state index is -0.311. The lowest BCUT2D eigenvalue weighted by atomic mass is 10.1. The third-order valence-corrected chi connectivity index (χ3v) is 3.87. The molecule has 2 aromatic carbocycles. The van der Waals surface area contributed by atoms with E-state index in [0.717, 1.165) is 0 Å². The van der Waals surface area contributed by atoms with Gasteiger partial charge in [-0.15, -0.1) is 0 Å². The van der Waals surface area contributed by atoms with Crippen LogP contribution in [-0.2, 0) is 0 Å². The van der Waals surface area contributed by atoms with Crippen molar-refractivity contribution in [1.82, 2.24) is 10.6 Å². The predicted octanol–water partition coefficient (Wildman–Crippen LogP) is 3.02. The largest absolute Gasteiger partial charge is 0.350 e. The summed E-state index contributed by atoms with van der Waals surface area (Å²) in [5.74, 6) is -0.620. The highest BCUT2D eigenvalue weighted by Crippen LogP contribution is 2.22. The van der Waals surface area contributed by atoms with Crippen LogP contribution in [0.4, 0.5) is 0 Å². The number of hydrogen-bond acceptors (Lipinski definition) is 3. The van der Waals surface area contributed by atoms with Gasteiger partial charge in [0.25, 0.3) is 11.8 Å². The van der Waals surface area contributed by atoms with Crippen LogP contribution in [0.1, 0.15) is 26.3 Å². The Balaban J connectivity index is 1.81. The SMILES string of the molecule is N#Cc1cccc(C(=O)NCCNC(=O)c2ccc(Cl)c(Cl)c2)c1. The fourth-order valence-electron chi connectivity index (χ4n) is 1.92. The molecule has 0 unspecified atom stereocenters. The summed E-state index contributed by atoms with van der Waals surface area (Å²) >= 11 is 11.7. The third-order valence-electron chi connectivity index (χ3n) is 3.13. The maximum absolute atomic E-state index is 11.9. The van der Waals surface area contributed by atoms with E-state index in [4.69, 9.17) is 28.5 Å². The van der Waals surface area contributed by atoms with Crippen molar-refractivity contribution in [1.29, 1.82) is 5.26 Å². The summed E-state index contributed by atoms with van der Waals surface area (Å²) in [6, 6.07) is 12.9. The summed E-state index contributed by atoms with van der Waals surface area (Å²) in [6.07, 6.45) is 0.